The summed E-state index contributed by atoms with van der Waals surface area (Å²) in [6.45, 7) is 7.27. The highest BCUT2D eigenvalue weighted by molar-refractivity contribution is 14.0. The fourth-order valence-corrected chi connectivity index (χ4v) is 1.63. The summed E-state index contributed by atoms with van der Waals surface area (Å²) in [4.78, 5) is 15.8. The summed E-state index contributed by atoms with van der Waals surface area (Å²) >= 11 is 0. The van der Waals surface area contributed by atoms with Gasteiger partial charge < -0.3 is 16.0 Å². The topological polar surface area (TPSA) is 65.5 Å². The van der Waals surface area contributed by atoms with E-state index in [4.69, 9.17) is 0 Å². The molecule has 0 aromatic heterocycles. The van der Waals surface area contributed by atoms with Crippen molar-refractivity contribution in [3.8, 4) is 0 Å². The van der Waals surface area contributed by atoms with Crippen LogP contribution in [0, 0.1) is 11.2 Å². The van der Waals surface area contributed by atoms with Gasteiger partial charge in [0.15, 0.2) is 5.96 Å². The average Bonchev–Trinajstić information content (AvgIpc) is 2.47. The van der Waals surface area contributed by atoms with E-state index in [-0.39, 0.29) is 41.1 Å². The van der Waals surface area contributed by atoms with Crippen LogP contribution >= 0.6 is 24.0 Å². The van der Waals surface area contributed by atoms with Gasteiger partial charge in [-0.3, -0.25) is 9.79 Å². The Kier molecular flexibility index (Phi) is 9.78. The largest absolute Gasteiger partial charge is 0.355 e. The lowest BCUT2D eigenvalue weighted by Gasteiger charge is -2.18. The molecule has 23 heavy (non-hydrogen) atoms. The van der Waals surface area contributed by atoms with Gasteiger partial charge in [0.05, 0.1) is 0 Å². The molecule has 130 valence electrons. The molecule has 0 aliphatic carbocycles. The smallest absolute Gasteiger partial charge is 0.225 e. The molecule has 0 heterocycles. The maximum absolute atomic E-state index is 12.8. The molecule has 0 radical (unpaired) electrons. The Balaban J connectivity index is 0.00000484. The highest BCUT2D eigenvalue weighted by Crippen LogP contribution is 2.11. The van der Waals surface area contributed by atoms with Crippen LogP contribution in [0.4, 0.5) is 4.39 Å². The molecule has 0 aliphatic rings. The third-order valence-corrected chi connectivity index (χ3v) is 2.98. The molecule has 1 aromatic rings. The standard InChI is InChI=1S/C16H25FN4O.HI/c1-16(2,3)14(22)19-9-10-20-15(18-4)21-11-12-5-7-13(17)8-6-12;/h5-8H,9-11H2,1-4H3,(H,19,22)(H2,18,20,21);1H. The lowest BCUT2D eigenvalue weighted by molar-refractivity contribution is -0.128. The molecule has 5 nitrogen and oxygen atoms in total. The van der Waals surface area contributed by atoms with Crippen LogP contribution < -0.4 is 16.0 Å². The number of hydrogen-bond donors (Lipinski definition) is 3. The summed E-state index contributed by atoms with van der Waals surface area (Å²) in [6.07, 6.45) is 0. The molecule has 3 N–H and O–H groups in total. The van der Waals surface area contributed by atoms with Crippen molar-refractivity contribution < 1.29 is 9.18 Å². The van der Waals surface area contributed by atoms with Gasteiger partial charge in [-0.1, -0.05) is 32.9 Å². The van der Waals surface area contributed by atoms with Crippen LogP contribution in [0.1, 0.15) is 26.3 Å². The van der Waals surface area contributed by atoms with E-state index in [0.717, 1.165) is 5.56 Å². The van der Waals surface area contributed by atoms with Crippen LogP contribution in [0.5, 0.6) is 0 Å². The zero-order valence-electron chi connectivity index (χ0n) is 14.1. The van der Waals surface area contributed by atoms with Gasteiger partial charge in [0, 0.05) is 32.1 Å². The number of rotatable bonds is 5. The molecule has 0 saturated carbocycles. The first-order valence-corrected chi connectivity index (χ1v) is 7.30. The molecule has 1 amide bonds. The van der Waals surface area contributed by atoms with Crippen LogP contribution in [-0.2, 0) is 11.3 Å². The van der Waals surface area contributed by atoms with Crippen molar-refractivity contribution in [2.45, 2.75) is 27.3 Å². The third kappa shape index (κ3) is 8.73. The van der Waals surface area contributed by atoms with Gasteiger partial charge in [0.1, 0.15) is 5.82 Å². The number of carbonyl (C=O) groups is 1. The number of benzene rings is 1. The molecule has 1 rings (SSSR count). The van der Waals surface area contributed by atoms with Crippen LogP contribution in [0.2, 0.25) is 0 Å². The number of hydrogen-bond acceptors (Lipinski definition) is 2. The number of halogens is 2. The number of amides is 1. The van der Waals surface area contributed by atoms with Crippen LogP contribution in [0.25, 0.3) is 0 Å². The average molecular weight is 436 g/mol. The highest BCUT2D eigenvalue weighted by Gasteiger charge is 2.20. The van der Waals surface area contributed by atoms with E-state index in [1.54, 1.807) is 19.2 Å². The second-order valence-corrected chi connectivity index (χ2v) is 5.98. The number of nitrogens with one attached hydrogen (secondary N) is 3. The predicted molar refractivity (Wildman–Crippen MR) is 102 cm³/mol. The highest BCUT2D eigenvalue weighted by atomic mass is 127. The quantitative estimate of drug-likeness (QED) is 0.287. The van der Waals surface area contributed by atoms with Crippen molar-refractivity contribution in [2.24, 2.45) is 10.4 Å². The summed E-state index contributed by atoms with van der Waals surface area (Å²) in [5, 5.41) is 9.09. The molecular formula is C16H26FIN4O. The lowest BCUT2D eigenvalue weighted by Crippen LogP contribution is -2.43. The molecule has 0 bridgehead atoms. The lowest BCUT2D eigenvalue weighted by atomic mass is 9.96. The Labute approximate surface area is 154 Å². The van der Waals surface area contributed by atoms with E-state index >= 15 is 0 Å². The summed E-state index contributed by atoms with van der Waals surface area (Å²) in [5.74, 6) is 0.402. The van der Waals surface area contributed by atoms with E-state index in [0.29, 0.717) is 25.6 Å². The molecule has 1 aromatic carbocycles. The minimum Gasteiger partial charge on any atom is -0.355 e. The molecule has 0 aliphatic heterocycles. The van der Waals surface area contributed by atoms with Crippen molar-refractivity contribution >= 4 is 35.8 Å². The van der Waals surface area contributed by atoms with Gasteiger partial charge in [0.25, 0.3) is 0 Å². The van der Waals surface area contributed by atoms with Gasteiger partial charge in [-0.25, -0.2) is 4.39 Å². The SMILES string of the molecule is CN=C(NCCNC(=O)C(C)(C)C)NCc1ccc(F)cc1.I. The van der Waals surface area contributed by atoms with Crippen LogP contribution in [-0.4, -0.2) is 32.0 Å². The summed E-state index contributed by atoms with van der Waals surface area (Å²) in [5.41, 5.74) is 0.577. The van der Waals surface area contributed by atoms with E-state index in [1.165, 1.54) is 12.1 Å². The number of carbonyl (C=O) groups excluding carboxylic acids is 1. The van der Waals surface area contributed by atoms with Gasteiger partial charge in [-0.15, -0.1) is 24.0 Å². The molecule has 0 atom stereocenters. The number of nitrogens with zero attached hydrogens (tertiary/aromatic N) is 1. The summed E-state index contributed by atoms with van der Waals surface area (Å²) < 4.78 is 12.8. The molecular weight excluding hydrogens is 410 g/mol. The molecule has 0 fully saturated rings. The van der Waals surface area contributed by atoms with Crippen molar-refractivity contribution in [3.63, 3.8) is 0 Å². The third-order valence-electron chi connectivity index (χ3n) is 2.98. The monoisotopic (exact) mass is 436 g/mol. The first kappa shape index (κ1) is 21.6. The van der Waals surface area contributed by atoms with Crippen molar-refractivity contribution in [3.05, 3.63) is 35.6 Å². The summed E-state index contributed by atoms with van der Waals surface area (Å²) in [6, 6.07) is 6.29. The second-order valence-electron chi connectivity index (χ2n) is 5.98. The fraction of sp³-hybridized carbons (Fsp3) is 0.500. The van der Waals surface area contributed by atoms with E-state index in [1.807, 2.05) is 20.8 Å². The Morgan fingerprint density at radius 1 is 1.09 bits per heavy atom. The van der Waals surface area contributed by atoms with Crippen molar-refractivity contribution in [1.29, 1.82) is 0 Å². The van der Waals surface area contributed by atoms with Crippen molar-refractivity contribution in [2.75, 3.05) is 20.1 Å². The van der Waals surface area contributed by atoms with Crippen LogP contribution in [0.3, 0.4) is 0 Å². The molecule has 0 spiro atoms. The Hall–Kier alpha value is -1.38. The van der Waals surface area contributed by atoms with Gasteiger partial charge in [0.2, 0.25) is 5.91 Å². The Morgan fingerprint density at radius 2 is 1.65 bits per heavy atom. The normalized spacial score (nSPS) is 11.4. The van der Waals surface area contributed by atoms with Crippen LogP contribution in [0.15, 0.2) is 29.3 Å². The van der Waals surface area contributed by atoms with E-state index in [2.05, 4.69) is 20.9 Å². The zero-order valence-corrected chi connectivity index (χ0v) is 16.4. The van der Waals surface area contributed by atoms with E-state index in [9.17, 15) is 9.18 Å². The van der Waals surface area contributed by atoms with Crippen molar-refractivity contribution in [1.82, 2.24) is 16.0 Å². The summed E-state index contributed by atoms with van der Waals surface area (Å²) in [7, 11) is 1.67. The second kappa shape index (κ2) is 10.4. The van der Waals surface area contributed by atoms with Gasteiger partial charge >= 0.3 is 0 Å². The Bertz CT molecular complexity index is 512. The first-order chi connectivity index (χ1) is 10.3. The number of guanidine groups is 1. The molecule has 0 saturated heterocycles. The Morgan fingerprint density at radius 3 is 2.17 bits per heavy atom. The fourth-order valence-electron chi connectivity index (χ4n) is 1.63. The molecule has 0 unspecified atom stereocenters. The first-order valence-electron chi connectivity index (χ1n) is 7.30. The van der Waals surface area contributed by atoms with Gasteiger partial charge in [-0.05, 0) is 17.7 Å². The zero-order chi connectivity index (χ0) is 16.6. The molecule has 7 heteroatoms. The van der Waals surface area contributed by atoms with E-state index < -0.39 is 0 Å². The minimum absolute atomic E-state index is 0. The predicted octanol–water partition coefficient (Wildman–Crippen LogP) is 2.27. The minimum atomic E-state index is -0.386. The van der Waals surface area contributed by atoms with Gasteiger partial charge in [-0.2, -0.15) is 0 Å². The number of aliphatic imine (C=N–C) groups is 1. The maximum Gasteiger partial charge on any atom is 0.225 e. The maximum atomic E-state index is 12.8.